The lowest BCUT2D eigenvalue weighted by Crippen LogP contribution is -2.40. The first-order valence-electron chi connectivity index (χ1n) is 14.8. The van der Waals surface area contributed by atoms with Crippen molar-refractivity contribution in [1.29, 1.82) is 0 Å². The average Bonchev–Trinajstić information content (AvgIpc) is 3.54. The minimum Gasteiger partial charge on any atom is -0.493 e. The van der Waals surface area contributed by atoms with E-state index >= 15 is 0 Å². The Balaban J connectivity index is 1.52. The topological polar surface area (TPSA) is 84.1 Å². The fourth-order valence-corrected chi connectivity index (χ4v) is 7.24. The molecular weight excluding hydrogens is 645 g/mol. The van der Waals surface area contributed by atoms with Crippen molar-refractivity contribution >= 4 is 57.5 Å². The van der Waals surface area contributed by atoms with Crippen LogP contribution in [0.5, 0.6) is 11.5 Å². The molecule has 0 radical (unpaired) electrons. The quantitative estimate of drug-likeness (QED) is 0.166. The summed E-state index contributed by atoms with van der Waals surface area (Å²) in [4.78, 5) is 32.8. The summed E-state index contributed by atoms with van der Waals surface area (Å²) in [6.45, 7) is 6.51. The lowest BCUT2D eigenvalue weighted by atomic mass is 9.95. The number of allylic oxidation sites excluding steroid dienone is 1. The third-order valence-corrected chi connectivity index (χ3v) is 9.35. The van der Waals surface area contributed by atoms with Gasteiger partial charge in [0.05, 0.1) is 42.2 Å². The Morgan fingerprint density at radius 2 is 1.85 bits per heavy atom. The van der Waals surface area contributed by atoms with Gasteiger partial charge in [0.2, 0.25) is 0 Å². The van der Waals surface area contributed by atoms with E-state index in [1.54, 1.807) is 43.7 Å². The molecule has 236 valence electrons. The molecule has 8 nitrogen and oxygen atoms in total. The number of esters is 1. The van der Waals surface area contributed by atoms with E-state index < -0.39 is 12.0 Å². The van der Waals surface area contributed by atoms with Crippen molar-refractivity contribution in [2.45, 2.75) is 33.4 Å². The molecule has 1 aliphatic rings. The van der Waals surface area contributed by atoms with Crippen molar-refractivity contribution in [1.82, 2.24) is 9.13 Å². The number of carbonyl (C=O) groups excluding carboxylic acids is 1. The van der Waals surface area contributed by atoms with Crippen LogP contribution in [0.3, 0.4) is 0 Å². The number of thiazole rings is 1. The van der Waals surface area contributed by atoms with Crippen molar-refractivity contribution in [3.8, 4) is 11.5 Å². The zero-order valence-electron chi connectivity index (χ0n) is 25.7. The highest BCUT2D eigenvalue weighted by molar-refractivity contribution is 7.07. The average molecular weight is 677 g/mol. The predicted molar refractivity (Wildman–Crippen MR) is 182 cm³/mol. The molecule has 0 unspecified atom stereocenters. The highest BCUT2D eigenvalue weighted by Crippen LogP contribution is 2.36. The Hall–Kier alpha value is -4.31. The van der Waals surface area contributed by atoms with Crippen LogP contribution in [0, 0.1) is 0 Å². The molecule has 0 fully saturated rings. The molecule has 0 bridgehead atoms. The number of carbonyl (C=O) groups is 1. The van der Waals surface area contributed by atoms with E-state index in [4.69, 9.17) is 42.4 Å². The number of halogens is 2. The number of aromatic nitrogens is 2. The Labute approximate surface area is 279 Å². The lowest BCUT2D eigenvalue weighted by molar-refractivity contribution is -0.139. The Morgan fingerprint density at radius 1 is 1.04 bits per heavy atom. The summed E-state index contributed by atoms with van der Waals surface area (Å²) in [6.07, 6.45) is 3.89. The molecule has 0 amide bonds. The van der Waals surface area contributed by atoms with Gasteiger partial charge in [0, 0.05) is 39.3 Å². The van der Waals surface area contributed by atoms with Crippen molar-refractivity contribution < 1.29 is 19.0 Å². The van der Waals surface area contributed by atoms with E-state index in [0.717, 1.165) is 22.0 Å². The summed E-state index contributed by atoms with van der Waals surface area (Å²) >= 11 is 13.9. The largest absolute Gasteiger partial charge is 0.493 e. The highest BCUT2D eigenvalue weighted by Gasteiger charge is 2.34. The SMILES string of the molecule is CCOC(=O)C1=C(C)N=c2s/c(=C\c3cn(Cc4ccc(Cl)cc4Cl)c4ccccc34)c(=O)n2[C@@H]1c1ccc(OC)c(OCC)c1. The van der Waals surface area contributed by atoms with Crippen molar-refractivity contribution in [3.05, 3.63) is 125 Å². The van der Waals surface area contributed by atoms with Gasteiger partial charge in [0.15, 0.2) is 16.3 Å². The van der Waals surface area contributed by atoms with Crippen LogP contribution in [0.2, 0.25) is 10.0 Å². The first kappa shape index (κ1) is 31.7. The van der Waals surface area contributed by atoms with Gasteiger partial charge in [-0.3, -0.25) is 9.36 Å². The summed E-state index contributed by atoms with van der Waals surface area (Å²) in [5.41, 5.74) is 3.97. The number of benzene rings is 3. The Morgan fingerprint density at radius 3 is 2.59 bits per heavy atom. The number of methoxy groups -OCH3 is 1. The fraction of sp³-hybridized carbons (Fsp3) is 0.229. The van der Waals surface area contributed by atoms with Crippen molar-refractivity contribution in [2.24, 2.45) is 4.99 Å². The third kappa shape index (κ3) is 5.86. The maximum absolute atomic E-state index is 14.3. The van der Waals surface area contributed by atoms with Gasteiger partial charge in [-0.2, -0.15) is 0 Å². The molecule has 0 saturated carbocycles. The molecule has 6 rings (SSSR count). The van der Waals surface area contributed by atoms with Gasteiger partial charge >= 0.3 is 5.97 Å². The normalized spacial score (nSPS) is 14.7. The lowest BCUT2D eigenvalue weighted by Gasteiger charge is -2.25. The summed E-state index contributed by atoms with van der Waals surface area (Å²) in [5.74, 6) is 0.532. The first-order chi connectivity index (χ1) is 22.2. The Bertz CT molecular complexity index is 2200. The van der Waals surface area contributed by atoms with Crippen LogP contribution in [-0.2, 0) is 16.1 Å². The molecule has 5 aromatic rings. The third-order valence-electron chi connectivity index (χ3n) is 7.78. The van der Waals surface area contributed by atoms with E-state index in [0.29, 0.717) is 60.9 Å². The van der Waals surface area contributed by atoms with E-state index in [1.165, 1.54) is 11.3 Å². The van der Waals surface area contributed by atoms with Crippen LogP contribution in [0.15, 0.2) is 87.9 Å². The van der Waals surface area contributed by atoms with Crippen LogP contribution < -0.4 is 24.4 Å². The zero-order valence-corrected chi connectivity index (χ0v) is 28.0. The maximum atomic E-state index is 14.3. The molecule has 0 aliphatic carbocycles. The van der Waals surface area contributed by atoms with Gasteiger partial charge in [-0.25, -0.2) is 9.79 Å². The minimum absolute atomic E-state index is 0.185. The summed E-state index contributed by atoms with van der Waals surface area (Å²) < 4.78 is 20.9. The fourth-order valence-electron chi connectivity index (χ4n) is 5.73. The number of hydrogen-bond acceptors (Lipinski definition) is 7. The second-order valence-electron chi connectivity index (χ2n) is 10.6. The van der Waals surface area contributed by atoms with E-state index in [-0.39, 0.29) is 12.2 Å². The van der Waals surface area contributed by atoms with E-state index in [2.05, 4.69) is 4.57 Å². The van der Waals surface area contributed by atoms with Crippen LogP contribution >= 0.6 is 34.5 Å². The summed E-state index contributed by atoms with van der Waals surface area (Å²) in [7, 11) is 1.57. The van der Waals surface area contributed by atoms with Crippen LogP contribution in [0.1, 0.15) is 43.5 Å². The summed E-state index contributed by atoms with van der Waals surface area (Å²) in [5, 5.41) is 2.14. The van der Waals surface area contributed by atoms with Crippen LogP contribution in [0.25, 0.3) is 17.0 Å². The van der Waals surface area contributed by atoms with Crippen LogP contribution in [0.4, 0.5) is 0 Å². The van der Waals surface area contributed by atoms with Crippen molar-refractivity contribution in [2.75, 3.05) is 20.3 Å². The van der Waals surface area contributed by atoms with Crippen LogP contribution in [-0.4, -0.2) is 35.4 Å². The van der Waals surface area contributed by atoms with Gasteiger partial charge in [0.25, 0.3) is 5.56 Å². The Kier molecular flexibility index (Phi) is 9.08. The monoisotopic (exact) mass is 675 g/mol. The summed E-state index contributed by atoms with van der Waals surface area (Å²) in [6, 6.07) is 18.1. The molecule has 46 heavy (non-hydrogen) atoms. The number of para-hydroxylation sites is 1. The molecule has 3 heterocycles. The highest BCUT2D eigenvalue weighted by atomic mass is 35.5. The smallest absolute Gasteiger partial charge is 0.338 e. The number of nitrogens with zero attached hydrogens (tertiary/aromatic N) is 3. The number of rotatable bonds is 9. The standard InChI is InChI=1S/C35H31Cl2N3O5S/c1-5-44-29-15-21(12-14-28(29)43-4)32-31(34(42)45-6-2)20(3)38-35-40(32)33(41)30(46-35)16-23-19-39(27-10-8-7-9-25(23)27)18-22-11-13-24(36)17-26(22)37/h7-17,19,32H,5-6,18H2,1-4H3/b30-16-/t32-/m1/s1. The second-order valence-corrected chi connectivity index (χ2v) is 12.5. The molecule has 1 atom stereocenters. The van der Waals surface area contributed by atoms with Gasteiger partial charge < -0.3 is 18.8 Å². The second kappa shape index (κ2) is 13.2. The molecule has 11 heteroatoms. The van der Waals surface area contributed by atoms with Gasteiger partial charge in [-0.05, 0) is 68.3 Å². The molecule has 0 spiro atoms. The minimum atomic E-state index is -0.782. The first-order valence-corrected chi connectivity index (χ1v) is 16.3. The molecule has 3 aromatic carbocycles. The number of ether oxygens (including phenoxy) is 3. The molecule has 0 N–H and O–H groups in total. The molecule has 0 saturated heterocycles. The van der Waals surface area contributed by atoms with E-state index in [9.17, 15) is 9.59 Å². The van der Waals surface area contributed by atoms with Gasteiger partial charge in [-0.1, -0.05) is 64.9 Å². The van der Waals surface area contributed by atoms with Gasteiger partial charge in [-0.15, -0.1) is 0 Å². The van der Waals surface area contributed by atoms with Gasteiger partial charge in [0.1, 0.15) is 0 Å². The molecule has 1 aliphatic heterocycles. The number of fused-ring (bicyclic) bond motifs is 2. The van der Waals surface area contributed by atoms with Crippen molar-refractivity contribution in [3.63, 3.8) is 0 Å². The predicted octanol–water partition coefficient (Wildman–Crippen LogP) is 6.52. The molecule has 2 aromatic heterocycles. The zero-order chi connectivity index (χ0) is 32.5. The molecular formula is C35H31Cl2N3O5S. The van der Waals surface area contributed by atoms with E-state index in [1.807, 2.05) is 61.7 Å². The maximum Gasteiger partial charge on any atom is 0.338 e. The number of hydrogen-bond donors (Lipinski definition) is 0.